The van der Waals surface area contributed by atoms with E-state index in [0.29, 0.717) is 12.1 Å². The predicted molar refractivity (Wildman–Crippen MR) is 86.6 cm³/mol. The Balaban J connectivity index is 2.09. The van der Waals surface area contributed by atoms with Crippen LogP contribution in [-0.4, -0.2) is 28.8 Å². The summed E-state index contributed by atoms with van der Waals surface area (Å²) in [6.07, 6.45) is 4.09. The van der Waals surface area contributed by atoms with Gasteiger partial charge in [0, 0.05) is 11.8 Å². The Hall–Kier alpha value is -2.30. The van der Waals surface area contributed by atoms with Gasteiger partial charge in [0.05, 0.1) is 5.69 Å². The average Bonchev–Trinajstić information content (AvgIpc) is 2.92. The van der Waals surface area contributed by atoms with E-state index >= 15 is 0 Å². The Kier molecular flexibility index (Phi) is 3.66. The normalized spacial score (nSPS) is 25.7. The Labute approximate surface area is 135 Å². The molecule has 0 spiro atoms. The third-order valence-electron chi connectivity index (χ3n) is 4.30. The van der Waals surface area contributed by atoms with Crippen LogP contribution in [0.15, 0.2) is 36.4 Å². The van der Waals surface area contributed by atoms with Crippen LogP contribution < -0.4 is 4.90 Å². The summed E-state index contributed by atoms with van der Waals surface area (Å²) in [6, 6.07) is 6.56. The van der Waals surface area contributed by atoms with Gasteiger partial charge in [0.25, 0.3) is 0 Å². The van der Waals surface area contributed by atoms with Crippen molar-refractivity contribution in [1.82, 2.24) is 0 Å². The summed E-state index contributed by atoms with van der Waals surface area (Å²) < 4.78 is 5.47. The highest BCUT2D eigenvalue weighted by Gasteiger charge is 2.48. The van der Waals surface area contributed by atoms with Crippen LogP contribution in [0, 0.1) is 5.92 Å². The average molecular weight is 315 g/mol. The molecule has 0 saturated carbocycles. The van der Waals surface area contributed by atoms with Crippen LogP contribution in [0.3, 0.4) is 0 Å². The van der Waals surface area contributed by atoms with Crippen molar-refractivity contribution in [2.75, 3.05) is 4.90 Å². The number of anilines is 1. The van der Waals surface area contributed by atoms with E-state index in [-0.39, 0.29) is 11.8 Å². The minimum absolute atomic E-state index is 0.0333. The van der Waals surface area contributed by atoms with Gasteiger partial charge in [0.1, 0.15) is 11.6 Å². The van der Waals surface area contributed by atoms with Crippen molar-refractivity contribution in [2.24, 2.45) is 5.92 Å². The van der Waals surface area contributed by atoms with Gasteiger partial charge in [-0.15, -0.1) is 0 Å². The molecule has 0 radical (unpaired) electrons. The molecular formula is C18H21NO4. The molecule has 1 aromatic rings. The van der Waals surface area contributed by atoms with Gasteiger partial charge in [-0.1, -0.05) is 30.4 Å². The monoisotopic (exact) mass is 315 g/mol. The van der Waals surface area contributed by atoms with E-state index in [4.69, 9.17) is 4.74 Å². The van der Waals surface area contributed by atoms with E-state index in [2.05, 4.69) is 0 Å². The topological polar surface area (TPSA) is 66.8 Å². The molecule has 1 aliphatic heterocycles. The number of aliphatic carboxylic acids is 1. The highest BCUT2D eigenvalue weighted by atomic mass is 16.6. The van der Waals surface area contributed by atoms with E-state index in [1.54, 1.807) is 26.8 Å². The van der Waals surface area contributed by atoms with Crippen LogP contribution in [0.2, 0.25) is 0 Å². The smallest absolute Gasteiger partial charge is 0.415 e. The third-order valence-corrected chi connectivity index (χ3v) is 4.30. The molecule has 0 bridgehead atoms. The molecule has 0 fully saturated rings. The molecule has 2 aliphatic rings. The fraction of sp³-hybridized carbons (Fsp3) is 0.444. The van der Waals surface area contributed by atoms with Crippen molar-refractivity contribution in [3.63, 3.8) is 0 Å². The maximum absolute atomic E-state index is 12.7. The molecule has 1 heterocycles. The molecule has 23 heavy (non-hydrogen) atoms. The Morgan fingerprint density at radius 2 is 1.96 bits per heavy atom. The first-order valence-electron chi connectivity index (χ1n) is 7.80. The number of fused-ring (bicyclic) bond motifs is 3. The molecule has 1 aromatic carbocycles. The second kappa shape index (κ2) is 5.41. The number of hydrogen-bond acceptors (Lipinski definition) is 3. The van der Waals surface area contributed by atoms with Crippen molar-refractivity contribution in [1.29, 1.82) is 0 Å². The maximum Gasteiger partial charge on any atom is 0.415 e. The fourth-order valence-electron chi connectivity index (χ4n) is 3.48. The van der Waals surface area contributed by atoms with Crippen molar-refractivity contribution in [2.45, 2.75) is 44.8 Å². The van der Waals surface area contributed by atoms with E-state index in [9.17, 15) is 14.7 Å². The number of hydrogen-bond donors (Lipinski definition) is 1. The van der Waals surface area contributed by atoms with Crippen LogP contribution in [0.5, 0.6) is 0 Å². The van der Waals surface area contributed by atoms with Gasteiger partial charge < -0.3 is 9.84 Å². The zero-order valence-electron chi connectivity index (χ0n) is 13.5. The minimum Gasteiger partial charge on any atom is -0.480 e. The number of allylic oxidation sites excluding steroid dienone is 2. The van der Waals surface area contributed by atoms with E-state index in [1.807, 2.05) is 30.4 Å². The molecule has 1 N–H and O–H groups in total. The van der Waals surface area contributed by atoms with Gasteiger partial charge in [-0.2, -0.15) is 0 Å². The number of amides is 1. The lowest BCUT2D eigenvalue weighted by Crippen LogP contribution is -2.54. The van der Waals surface area contributed by atoms with Crippen molar-refractivity contribution in [3.8, 4) is 0 Å². The maximum atomic E-state index is 12.7. The lowest BCUT2D eigenvalue weighted by Gasteiger charge is -2.42. The molecule has 0 aromatic heterocycles. The van der Waals surface area contributed by atoms with Crippen LogP contribution in [0.4, 0.5) is 10.5 Å². The number of benzene rings is 1. The number of nitrogens with zero attached hydrogens (tertiary/aromatic N) is 1. The summed E-state index contributed by atoms with van der Waals surface area (Å²) in [5.41, 5.74) is 0.927. The molecule has 3 rings (SSSR count). The van der Waals surface area contributed by atoms with Crippen molar-refractivity contribution >= 4 is 17.7 Å². The van der Waals surface area contributed by atoms with Crippen molar-refractivity contribution < 1.29 is 19.4 Å². The Morgan fingerprint density at radius 1 is 1.26 bits per heavy atom. The predicted octanol–water partition coefficient (Wildman–Crippen LogP) is 3.55. The van der Waals surface area contributed by atoms with Crippen LogP contribution in [-0.2, 0) is 9.53 Å². The SMILES string of the molecule is CC(C)(C)OC(=O)N1c2ccccc2[C@H]2C=CC[C@H]2[C@H]1C(=O)O. The molecule has 5 nitrogen and oxygen atoms in total. The van der Waals surface area contributed by atoms with Crippen LogP contribution in [0.1, 0.15) is 38.7 Å². The summed E-state index contributed by atoms with van der Waals surface area (Å²) in [6.45, 7) is 5.32. The molecule has 1 amide bonds. The number of rotatable bonds is 1. The van der Waals surface area contributed by atoms with Gasteiger partial charge in [-0.3, -0.25) is 4.90 Å². The fourth-order valence-corrected chi connectivity index (χ4v) is 3.48. The lowest BCUT2D eigenvalue weighted by atomic mass is 9.78. The van der Waals surface area contributed by atoms with E-state index in [0.717, 1.165) is 5.56 Å². The highest BCUT2D eigenvalue weighted by molar-refractivity contribution is 5.97. The number of carbonyl (C=O) groups excluding carboxylic acids is 1. The largest absolute Gasteiger partial charge is 0.480 e. The standard InChI is InChI=1S/C18H21NO4/c1-18(2,3)23-17(22)19-14-10-5-4-7-12(14)11-8-6-9-13(11)15(19)16(20)21/h4-8,10-11,13,15H,9H2,1-3H3,(H,20,21)/t11-,13-,15+/m1/s1. The second-order valence-corrected chi connectivity index (χ2v) is 7.05. The Bertz CT molecular complexity index is 674. The highest BCUT2D eigenvalue weighted by Crippen LogP contribution is 2.47. The zero-order chi connectivity index (χ0) is 16.8. The zero-order valence-corrected chi connectivity index (χ0v) is 13.5. The molecular weight excluding hydrogens is 294 g/mol. The first-order valence-corrected chi connectivity index (χ1v) is 7.80. The molecule has 122 valence electrons. The van der Waals surface area contributed by atoms with Crippen LogP contribution in [0.25, 0.3) is 0 Å². The van der Waals surface area contributed by atoms with Gasteiger partial charge in [0.15, 0.2) is 0 Å². The number of para-hydroxylation sites is 1. The molecule has 5 heteroatoms. The van der Waals surface area contributed by atoms with Gasteiger partial charge in [-0.05, 0) is 38.8 Å². The van der Waals surface area contributed by atoms with E-state index < -0.39 is 23.7 Å². The summed E-state index contributed by atoms with van der Waals surface area (Å²) >= 11 is 0. The van der Waals surface area contributed by atoms with Gasteiger partial charge in [0.2, 0.25) is 0 Å². The van der Waals surface area contributed by atoms with Crippen molar-refractivity contribution in [3.05, 3.63) is 42.0 Å². The minimum atomic E-state index is -0.996. The third kappa shape index (κ3) is 2.71. The second-order valence-electron chi connectivity index (χ2n) is 7.05. The Morgan fingerprint density at radius 3 is 2.61 bits per heavy atom. The summed E-state index contributed by atoms with van der Waals surface area (Å²) in [5, 5.41) is 9.75. The summed E-state index contributed by atoms with van der Waals surface area (Å²) in [4.78, 5) is 25.9. The summed E-state index contributed by atoms with van der Waals surface area (Å²) in [5.74, 6) is -1.12. The molecule has 0 saturated heterocycles. The molecule has 3 atom stereocenters. The van der Waals surface area contributed by atoms with Gasteiger partial charge in [-0.25, -0.2) is 9.59 Å². The quantitative estimate of drug-likeness (QED) is 0.805. The number of carboxylic acid groups (broad SMARTS) is 1. The molecule has 0 unspecified atom stereocenters. The first-order chi connectivity index (χ1) is 10.8. The van der Waals surface area contributed by atoms with Crippen LogP contribution >= 0.6 is 0 Å². The van der Waals surface area contributed by atoms with E-state index in [1.165, 1.54) is 4.90 Å². The lowest BCUT2D eigenvalue weighted by molar-refractivity contribution is -0.140. The first kappa shape index (κ1) is 15.6. The number of carboxylic acids is 1. The number of ether oxygens (including phenoxy) is 1. The molecule has 1 aliphatic carbocycles. The van der Waals surface area contributed by atoms with Gasteiger partial charge >= 0.3 is 12.1 Å². The summed E-state index contributed by atoms with van der Waals surface area (Å²) in [7, 11) is 0. The number of carbonyl (C=O) groups is 2.